The molecule has 0 amide bonds. The van der Waals surface area contributed by atoms with Crippen LogP contribution in [0.25, 0.3) is 5.53 Å². The molecule has 0 saturated heterocycles. The molecule has 0 bridgehead atoms. The van der Waals surface area contributed by atoms with Gasteiger partial charge >= 0.3 is 12.2 Å². The van der Waals surface area contributed by atoms with Crippen molar-refractivity contribution in [3.8, 4) is 5.95 Å². The van der Waals surface area contributed by atoms with Crippen LogP contribution in [0.3, 0.4) is 0 Å². The Labute approximate surface area is 61.8 Å². The third kappa shape index (κ3) is 2.08. The van der Waals surface area contributed by atoms with Crippen LogP contribution in [0.5, 0.6) is 5.95 Å². The molecule has 1 heterocycles. The normalized spacial score (nSPS) is 8.36. The van der Waals surface area contributed by atoms with E-state index in [-0.39, 0.29) is 5.95 Å². The van der Waals surface area contributed by atoms with Gasteiger partial charge in [-0.1, -0.05) is 0 Å². The molecule has 0 aromatic carbocycles. The van der Waals surface area contributed by atoms with E-state index in [9.17, 15) is 4.79 Å². The molecule has 0 unspecified atom stereocenters. The Morgan fingerprint density at radius 2 is 2.64 bits per heavy atom. The fourth-order valence-corrected chi connectivity index (χ4v) is 0.494. The smallest absolute Gasteiger partial charge is 0.421 e. The Morgan fingerprint density at radius 1 is 1.82 bits per heavy atom. The molecule has 0 atom stereocenters. The quantitative estimate of drug-likeness (QED) is 0.268. The highest BCUT2D eigenvalue weighted by atomic mass is 16.6. The first-order valence-corrected chi connectivity index (χ1v) is 2.75. The summed E-state index contributed by atoms with van der Waals surface area (Å²) in [5, 5.41) is 0. The molecule has 0 fully saturated rings. The molecule has 5 heteroatoms. The summed E-state index contributed by atoms with van der Waals surface area (Å²) in [4.78, 5) is 13.0. The molecule has 11 heavy (non-hydrogen) atoms. The lowest BCUT2D eigenvalue weighted by atomic mass is 10.6. The third-order valence-corrected chi connectivity index (χ3v) is 0.859. The monoisotopic (exact) mass is 152 g/mol. The second kappa shape index (κ2) is 3.34. The summed E-state index contributed by atoms with van der Waals surface area (Å²) in [5.74, 6) is -0.725. The van der Waals surface area contributed by atoms with Gasteiger partial charge in [0.2, 0.25) is 0 Å². The molecule has 1 aromatic rings. The summed E-state index contributed by atoms with van der Waals surface area (Å²) >= 11 is 0. The van der Waals surface area contributed by atoms with Crippen LogP contribution in [0, 0.1) is 0 Å². The maximum atomic E-state index is 10.5. The van der Waals surface area contributed by atoms with E-state index >= 15 is 0 Å². The van der Waals surface area contributed by atoms with Gasteiger partial charge in [-0.2, -0.15) is 4.79 Å². The highest BCUT2D eigenvalue weighted by molar-refractivity contribution is 6.21. The minimum atomic E-state index is -0.789. The van der Waals surface area contributed by atoms with Gasteiger partial charge in [-0.25, -0.2) is 4.79 Å². The van der Waals surface area contributed by atoms with Crippen molar-refractivity contribution < 1.29 is 18.7 Å². The molecule has 56 valence electrons. The molecule has 0 aliphatic heterocycles. The molecular formula is C6H4N2O3. The molecule has 0 saturated carbocycles. The van der Waals surface area contributed by atoms with Crippen LogP contribution in [-0.4, -0.2) is 17.0 Å². The SMILES string of the molecule is [N-]=[N+]=CC(=O)Oc1ccco1. The van der Waals surface area contributed by atoms with E-state index in [1.807, 2.05) is 0 Å². The van der Waals surface area contributed by atoms with E-state index in [1.54, 1.807) is 6.07 Å². The van der Waals surface area contributed by atoms with Gasteiger partial charge in [-0.05, 0) is 6.07 Å². The Hall–Kier alpha value is -1.87. The lowest BCUT2D eigenvalue weighted by molar-refractivity contribution is -0.131. The van der Waals surface area contributed by atoms with Crippen molar-refractivity contribution >= 4 is 12.2 Å². The van der Waals surface area contributed by atoms with Crippen molar-refractivity contribution in [2.45, 2.75) is 0 Å². The average molecular weight is 152 g/mol. The maximum absolute atomic E-state index is 10.5. The van der Waals surface area contributed by atoms with Gasteiger partial charge in [-0.15, -0.1) is 0 Å². The first kappa shape index (κ1) is 7.24. The number of esters is 1. The van der Waals surface area contributed by atoms with Gasteiger partial charge < -0.3 is 14.7 Å². The number of hydrogen-bond donors (Lipinski definition) is 0. The van der Waals surface area contributed by atoms with Crippen LogP contribution in [0.1, 0.15) is 0 Å². The lowest BCUT2D eigenvalue weighted by Gasteiger charge is -1.88. The van der Waals surface area contributed by atoms with Crippen LogP contribution >= 0.6 is 0 Å². The van der Waals surface area contributed by atoms with Crippen molar-refractivity contribution in [2.24, 2.45) is 0 Å². The predicted octanol–water partition coefficient (Wildman–Crippen LogP) is 0.486. The minimum absolute atomic E-state index is 0.0647. The van der Waals surface area contributed by atoms with Gasteiger partial charge in [-0.3, -0.25) is 0 Å². The van der Waals surface area contributed by atoms with E-state index in [1.165, 1.54) is 12.3 Å². The summed E-state index contributed by atoms with van der Waals surface area (Å²) in [6.45, 7) is 0. The number of carbonyl (C=O) groups is 1. The Bertz CT molecular complexity index is 285. The van der Waals surface area contributed by atoms with Crippen molar-refractivity contribution in [3.63, 3.8) is 0 Å². The highest BCUT2D eigenvalue weighted by Crippen LogP contribution is 2.08. The van der Waals surface area contributed by atoms with E-state index in [0.29, 0.717) is 6.21 Å². The van der Waals surface area contributed by atoms with Gasteiger partial charge in [0.1, 0.15) is 0 Å². The second-order valence-electron chi connectivity index (χ2n) is 1.60. The van der Waals surface area contributed by atoms with Crippen molar-refractivity contribution in [1.82, 2.24) is 0 Å². The van der Waals surface area contributed by atoms with Crippen LogP contribution in [0.2, 0.25) is 0 Å². The zero-order valence-electron chi connectivity index (χ0n) is 5.43. The molecule has 0 aliphatic rings. The van der Waals surface area contributed by atoms with Crippen LogP contribution in [-0.2, 0) is 4.79 Å². The minimum Gasteiger partial charge on any atom is -0.434 e. The summed E-state index contributed by atoms with van der Waals surface area (Å²) in [6, 6.07) is 3.03. The first-order chi connectivity index (χ1) is 5.33. The molecule has 0 aliphatic carbocycles. The van der Waals surface area contributed by atoms with Crippen LogP contribution in [0.15, 0.2) is 22.8 Å². The van der Waals surface area contributed by atoms with Crippen molar-refractivity contribution in [3.05, 3.63) is 23.9 Å². The van der Waals surface area contributed by atoms with E-state index in [0.717, 1.165) is 0 Å². The average Bonchev–Trinajstić information content (AvgIpc) is 2.40. The molecular weight excluding hydrogens is 148 g/mol. The summed E-state index contributed by atoms with van der Waals surface area (Å²) < 4.78 is 9.14. The third-order valence-electron chi connectivity index (χ3n) is 0.859. The van der Waals surface area contributed by atoms with Gasteiger partial charge in [0.25, 0.3) is 5.95 Å². The lowest BCUT2D eigenvalue weighted by Crippen LogP contribution is -2.08. The van der Waals surface area contributed by atoms with Crippen LogP contribution in [0.4, 0.5) is 0 Å². The van der Waals surface area contributed by atoms with Crippen LogP contribution < -0.4 is 4.74 Å². The molecule has 0 N–H and O–H groups in total. The number of nitrogens with zero attached hydrogens (tertiary/aromatic N) is 2. The fourth-order valence-electron chi connectivity index (χ4n) is 0.494. The molecule has 0 spiro atoms. The predicted molar refractivity (Wildman–Crippen MR) is 34.0 cm³/mol. The van der Waals surface area contributed by atoms with Crippen molar-refractivity contribution in [1.29, 1.82) is 0 Å². The Kier molecular flexibility index (Phi) is 2.20. The summed E-state index contributed by atoms with van der Waals surface area (Å²) in [5.41, 5.74) is 7.90. The van der Waals surface area contributed by atoms with E-state index in [2.05, 4.69) is 13.9 Å². The highest BCUT2D eigenvalue weighted by Gasteiger charge is 2.06. The van der Waals surface area contributed by atoms with Gasteiger partial charge in [0, 0.05) is 6.07 Å². The number of rotatable bonds is 2. The molecule has 1 aromatic heterocycles. The number of hydrogen-bond acceptors (Lipinski definition) is 3. The fraction of sp³-hybridized carbons (Fsp3) is 0. The maximum Gasteiger partial charge on any atom is 0.421 e. The molecule has 0 radical (unpaired) electrons. The zero-order chi connectivity index (χ0) is 8.10. The second-order valence-corrected chi connectivity index (χ2v) is 1.60. The Morgan fingerprint density at radius 3 is 3.18 bits per heavy atom. The molecule has 5 nitrogen and oxygen atoms in total. The molecule has 1 rings (SSSR count). The number of furan rings is 1. The van der Waals surface area contributed by atoms with Gasteiger partial charge in [0.15, 0.2) is 0 Å². The summed E-state index contributed by atoms with van der Waals surface area (Å²) in [7, 11) is 0. The van der Waals surface area contributed by atoms with E-state index in [4.69, 9.17) is 5.53 Å². The largest absolute Gasteiger partial charge is 0.434 e. The summed E-state index contributed by atoms with van der Waals surface area (Å²) in [6.07, 6.45) is 1.99. The topological polar surface area (TPSA) is 75.8 Å². The van der Waals surface area contributed by atoms with Crippen molar-refractivity contribution in [2.75, 3.05) is 0 Å². The number of carbonyl (C=O) groups excluding carboxylic acids is 1. The first-order valence-electron chi connectivity index (χ1n) is 2.75. The van der Waals surface area contributed by atoms with Gasteiger partial charge in [0.05, 0.1) is 6.26 Å². The van der Waals surface area contributed by atoms with E-state index < -0.39 is 5.97 Å². The Balaban J connectivity index is 2.57. The zero-order valence-corrected chi connectivity index (χ0v) is 5.43. The number of ether oxygens (including phenoxy) is 1. The standard InChI is InChI=1S/C6H4N2O3/c7-8-4-5(9)11-6-2-1-3-10-6/h1-4H.